The quantitative estimate of drug-likeness (QED) is 0.731. The van der Waals surface area contributed by atoms with E-state index in [-0.39, 0.29) is 12.4 Å². The molecule has 1 aliphatic heterocycles. The van der Waals surface area contributed by atoms with Gasteiger partial charge in [-0.25, -0.2) is 4.79 Å². The number of rotatable bonds is 4. The van der Waals surface area contributed by atoms with Crippen LogP contribution in [-0.2, 0) is 11.3 Å². The lowest BCUT2D eigenvalue weighted by Crippen LogP contribution is -2.34. The van der Waals surface area contributed by atoms with E-state index in [1.54, 1.807) is 30.3 Å². The molecule has 29 heavy (non-hydrogen) atoms. The Labute approximate surface area is 166 Å². The van der Waals surface area contributed by atoms with Gasteiger partial charge in [0.25, 0.3) is 5.79 Å². The fourth-order valence-electron chi connectivity index (χ4n) is 3.73. The lowest BCUT2D eigenvalue weighted by Gasteiger charge is -2.21. The average molecular weight is 393 g/mol. The third-order valence-electron chi connectivity index (χ3n) is 5.11. The Balaban J connectivity index is 1.28. The Morgan fingerprint density at radius 1 is 1.07 bits per heavy atom. The minimum atomic E-state index is -0.687. The number of anilines is 1. The number of aromatic nitrogens is 2. The number of amides is 1. The number of nitrogens with zero attached hydrogens (tertiary/aromatic N) is 2. The molecule has 0 radical (unpaired) electrons. The van der Waals surface area contributed by atoms with Gasteiger partial charge >= 0.3 is 5.76 Å². The van der Waals surface area contributed by atoms with Gasteiger partial charge in [0, 0.05) is 30.2 Å². The van der Waals surface area contributed by atoms with E-state index in [9.17, 15) is 9.59 Å². The zero-order valence-corrected chi connectivity index (χ0v) is 15.6. The van der Waals surface area contributed by atoms with Crippen LogP contribution in [-0.4, -0.2) is 21.5 Å². The highest BCUT2D eigenvalue weighted by Crippen LogP contribution is 2.47. The molecule has 1 fully saturated rings. The number of benzene rings is 2. The first-order valence-corrected chi connectivity index (χ1v) is 9.56. The second-order valence-corrected chi connectivity index (χ2v) is 7.23. The normalized spacial score (nSPS) is 16.3. The van der Waals surface area contributed by atoms with Crippen LogP contribution in [0.4, 0.5) is 5.69 Å². The van der Waals surface area contributed by atoms with Crippen LogP contribution in [0, 0.1) is 0 Å². The lowest BCUT2D eigenvalue weighted by molar-refractivity contribution is -0.117. The molecule has 8 nitrogen and oxygen atoms in total. The number of fused-ring (bicyclic) bond motifs is 1. The second kappa shape index (κ2) is 6.80. The van der Waals surface area contributed by atoms with Gasteiger partial charge in [0.15, 0.2) is 11.5 Å². The zero-order chi connectivity index (χ0) is 19.8. The van der Waals surface area contributed by atoms with Crippen LogP contribution < -0.4 is 20.5 Å². The first kappa shape index (κ1) is 17.5. The maximum atomic E-state index is 12.4. The Kier molecular flexibility index (Phi) is 4.12. The second-order valence-electron chi connectivity index (χ2n) is 7.23. The molecule has 1 aromatic heterocycles. The van der Waals surface area contributed by atoms with Gasteiger partial charge in [0.2, 0.25) is 11.8 Å². The van der Waals surface area contributed by atoms with Crippen molar-refractivity contribution in [2.24, 2.45) is 0 Å². The molecule has 2 aliphatic rings. The van der Waals surface area contributed by atoms with Crippen LogP contribution in [0.15, 0.2) is 57.7 Å². The van der Waals surface area contributed by atoms with Gasteiger partial charge in [0.05, 0.1) is 0 Å². The van der Waals surface area contributed by atoms with Gasteiger partial charge in [-0.2, -0.15) is 4.68 Å². The molecule has 1 saturated carbocycles. The summed E-state index contributed by atoms with van der Waals surface area (Å²) in [6.45, 7) is -0.256. The minimum Gasteiger partial charge on any atom is -0.448 e. The topological polar surface area (TPSA) is 95.6 Å². The molecule has 1 aliphatic carbocycles. The molecule has 0 unspecified atom stereocenters. The SMILES string of the molecule is O=C(Cn1nc(-c2ccccc2)oc1=O)Nc1ccc2c(c1)OC1(CCCC1)O2. The standard InChI is InChI=1S/C21H19N3O5/c25-18(13-24-20(26)27-19(23-24)14-6-2-1-3-7-14)22-15-8-9-16-17(12-15)29-21(28-16)10-4-5-11-21/h1-3,6-9,12H,4-5,10-11,13H2,(H,22,25). The van der Waals surface area contributed by atoms with Gasteiger partial charge in [-0.05, 0) is 37.1 Å². The molecule has 1 N–H and O–H groups in total. The van der Waals surface area contributed by atoms with Crippen molar-refractivity contribution < 1.29 is 18.7 Å². The van der Waals surface area contributed by atoms with E-state index in [1.165, 1.54) is 0 Å². The Morgan fingerprint density at radius 3 is 2.62 bits per heavy atom. The summed E-state index contributed by atoms with van der Waals surface area (Å²) >= 11 is 0. The minimum absolute atomic E-state index is 0.174. The predicted octanol–water partition coefficient (Wildman–Crippen LogP) is 3.18. The largest absolute Gasteiger partial charge is 0.448 e. The van der Waals surface area contributed by atoms with Crippen molar-refractivity contribution >= 4 is 11.6 Å². The number of nitrogens with one attached hydrogen (secondary N) is 1. The van der Waals surface area contributed by atoms with Crippen LogP contribution in [0.2, 0.25) is 0 Å². The van der Waals surface area contributed by atoms with Crippen molar-refractivity contribution in [2.45, 2.75) is 38.0 Å². The average Bonchev–Trinajstić information content (AvgIpc) is 3.42. The summed E-state index contributed by atoms with van der Waals surface area (Å²) in [4.78, 5) is 24.4. The van der Waals surface area contributed by atoms with E-state index in [0.29, 0.717) is 22.7 Å². The fourth-order valence-corrected chi connectivity index (χ4v) is 3.73. The van der Waals surface area contributed by atoms with Gasteiger partial charge in [-0.3, -0.25) is 4.79 Å². The van der Waals surface area contributed by atoms with E-state index in [1.807, 2.05) is 18.2 Å². The van der Waals surface area contributed by atoms with E-state index < -0.39 is 17.5 Å². The Bertz CT molecular complexity index is 1110. The summed E-state index contributed by atoms with van der Waals surface area (Å²) in [6.07, 6.45) is 3.88. The van der Waals surface area contributed by atoms with Crippen molar-refractivity contribution in [1.29, 1.82) is 0 Å². The maximum Gasteiger partial charge on any atom is 0.437 e. The predicted molar refractivity (Wildman–Crippen MR) is 104 cm³/mol. The van der Waals surface area contributed by atoms with E-state index in [2.05, 4.69) is 10.4 Å². The molecule has 1 amide bonds. The lowest BCUT2D eigenvalue weighted by atomic mass is 10.2. The van der Waals surface area contributed by atoms with E-state index in [0.717, 1.165) is 30.4 Å². The summed E-state index contributed by atoms with van der Waals surface area (Å²) in [5.41, 5.74) is 1.23. The molecule has 8 heteroatoms. The number of carbonyl (C=O) groups excluding carboxylic acids is 1. The van der Waals surface area contributed by atoms with E-state index in [4.69, 9.17) is 13.9 Å². The number of carbonyl (C=O) groups is 1. The molecule has 0 bridgehead atoms. The molecule has 3 aromatic rings. The fraction of sp³-hybridized carbons (Fsp3) is 0.286. The highest BCUT2D eigenvalue weighted by molar-refractivity contribution is 5.90. The van der Waals surface area contributed by atoms with Gasteiger partial charge < -0.3 is 19.2 Å². The molecule has 2 heterocycles. The van der Waals surface area contributed by atoms with Crippen LogP contribution in [0.3, 0.4) is 0 Å². The van der Waals surface area contributed by atoms with Crippen molar-refractivity contribution in [3.63, 3.8) is 0 Å². The Morgan fingerprint density at radius 2 is 1.83 bits per heavy atom. The molecular weight excluding hydrogens is 374 g/mol. The summed E-state index contributed by atoms with van der Waals surface area (Å²) in [5, 5.41) is 6.86. The molecule has 148 valence electrons. The van der Waals surface area contributed by atoms with Crippen LogP contribution in [0.25, 0.3) is 11.5 Å². The van der Waals surface area contributed by atoms with Crippen molar-refractivity contribution in [3.05, 3.63) is 59.1 Å². The number of ether oxygens (including phenoxy) is 2. The Hall–Kier alpha value is -3.55. The maximum absolute atomic E-state index is 12.4. The van der Waals surface area contributed by atoms with Crippen LogP contribution >= 0.6 is 0 Å². The summed E-state index contributed by atoms with van der Waals surface area (Å²) in [5.74, 6) is -0.150. The van der Waals surface area contributed by atoms with Crippen molar-refractivity contribution in [1.82, 2.24) is 9.78 Å². The molecule has 2 aromatic carbocycles. The smallest absolute Gasteiger partial charge is 0.437 e. The number of hydrogen-bond acceptors (Lipinski definition) is 6. The molecule has 5 rings (SSSR count). The van der Waals surface area contributed by atoms with Gasteiger partial charge in [0.1, 0.15) is 6.54 Å². The third kappa shape index (κ3) is 3.37. The highest BCUT2D eigenvalue weighted by Gasteiger charge is 2.44. The van der Waals surface area contributed by atoms with Crippen molar-refractivity contribution in [2.75, 3.05) is 5.32 Å². The zero-order valence-electron chi connectivity index (χ0n) is 15.6. The summed E-state index contributed by atoms with van der Waals surface area (Å²) < 4.78 is 18.1. The first-order chi connectivity index (χ1) is 14.1. The first-order valence-electron chi connectivity index (χ1n) is 9.56. The monoisotopic (exact) mass is 393 g/mol. The van der Waals surface area contributed by atoms with Crippen LogP contribution in [0.5, 0.6) is 11.5 Å². The molecule has 1 spiro atoms. The number of hydrogen-bond donors (Lipinski definition) is 1. The van der Waals surface area contributed by atoms with Crippen molar-refractivity contribution in [3.8, 4) is 23.0 Å². The third-order valence-corrected chi connectivity index (χ3v) is 5.11. The molecular formula is C21H19N3O5. The molecule has 0 atom stereocenters. The summed E-state index contributed by atoms with van der Waals surface area (Å²) in [6, 6.07) is 14.3. The summed E-state index contributed by atoms with van der Waals surface area (Å²) in [7, 11) is 0. The highest BCUT2D eigenvalue weighted by atomic mass is 16.7. The van der Waals surface area contributed by atoms with E-state index >= 15 is 0 Å². The van der Waals surface area contributed by atoms with Gasteiger partial charge in [-0.1, -0.05) is 18.2 Å². The molecule has 0 saturated heterocycles. The van der Waals surface area contributed by atoms with Gasteiger partial charge in [-0.15, -0.1) is 5.10 Å². The van der Waals surface area contributed by atoms with Crippen LogP contribution in [0.1, 0.15) is 25.7 Å².